The molecular formula is C55H98O9. The van der Waals surface area contributed by atoms with Gasteiger partial charge in [-0.1, -0.05) is 190 Å². The highest BCUT2D eigenvalue weighted by molar-refractivity contribution is 5.69. The predicted molar refractivity (Wildman–Crippen MR) is 265 cm³/mol. The summed E-state index contributed by atoms with van der Waals surface area (Å²) in [5, 5.41) is 40.2. The number of aliphatic hydroxyl groups excluding tert-OH is 4. The van der Waals surface area contributed by atoms with Gasteiger partial charge in [0.2, 0.25) is 0 Å². The fraction of sp³-hybridized carbons (Fsp3) is 0.800. The van der Waals surface area contributed by atoms with Crippen LogP contribution in [0.3, 0.4) is 0 Å². The van der Waals surface area contributed by atoms with Crippen molar-refractivity contribution in [2.75, 3.05) is 26.4 Å². The Morgan fingerprint density at radius 3 is 1.39 bits per heavy atom. The minimum Gasteiger partial charge on any atom is -0.457 e. The van der Waals surface area contributed by atoms with Gasteiger partial charge < -0.3 is 39.4 Å². The van der Waals surface area contributed by atoms with E-state index in [9.17, 15) is 25.2 Å². The molecule has 0 radical (unpaired) electrons. The Labute approximate surface area is 392 Å². The van der Waals surface area contributed by atoms with Crippen LogP contribution in [0.5, 0.6) is 0 Å². The van der Waals surface area contributed by atoms with Crippen LogP contribution in [0.2, 0.25) is 0 Å². The smallest absolute Gasteiger partial charge is 0.306 e. The number of allylic oxidation sites excluding steroid dienone is 10. The summed E-state index contributed by atoms with van der Waals surface area (Å²) in [6, 6.07) is 0. The largest absolute Gasteiger partial charge is 0.457 e. The van der Waals surface area contributed by atoms with Crippen molar-refractivity contribution in [3.63, 3.8) is 0 Å². The molecule has 9 heteroatoms. The quantitative estimate of drug-likeness (QED) is 0.0268. The van der Waals surface area contributed by atoms with Gasteiger partial charge in [-0.25, -0.2) is 0 Å². The van der Waals surface area contributed by atoms with Gasteiger partial charge in [0.1, 0.15) is 30.5 Å². The first-order valence-corrected chi connectivity index (χ1v) is 26.4. The van der Waals surface area contributed by atoms with Crippen molar-refractivity contribution in [3.05, 3.63) is 60.8 Å². The molecule has 0 aromatic heterocycles. The van der Waals surface area contributed by atoms with E-state index in [0.717, 1.165) is 70.6 Å². The Kier molecular flexibility index (Phi) is 43.1. The molecule has 0 amide bonds. The minimum atomic E-state index is -1.54. The zero-order valence-corrected chi connectivity index (χ0v) is 41.0. The summed E-state index contributed by atoms with van der Waals surface area (Å²) in [6.07, 6.45) is 52.6. The van der Waals surface area contributed by atoms with Crippen molar-refractivity contribution in [2.45, 2.75) is 256 Å². The number of carbonyl (C=O) groups excluding carboxylic acids is 1. The van der Waals surface area contributed by atoms with Crippen molar-refractivity contribution in [2.24, 2.45) is 0 Å². The fourth-order valence-corrected chi connectivity index (χ4v) is 7.76. The summed E-state index contributed by atoms with van der Waals surface area (Å²) in [4.78, 5) is 12.8. The summed E-state index contributed by atoms with van der Waals surface area (Å²) in [5.41, 5.74) is 0. The number of esters is 1. The van der Waals surface area contributed by atoms with Gasteiger partial charge in [-0.2, -0.15) is 0 Å². The maximum absolute atomic E-state index is 12.8. The van der Waals surface area contributed by atoms with Crippen molar-refractivity contribution < 1.29 is 44.2 Å². The van der Waals surface area contributed by atoms with Gasteiger partial charge in [0.05, 0.1) is 19.8 Å². The number of rotatable bonds is 45. The Morgan fingerprint density at radius 1 is 0.500 bits per heavy atom. The molecule has 9 nitrogen and oxygen atoms in total. The van der Waals surface area contributed by atoms with Crippen LogP contribution >= 0.6 is 0 Å². The van der Waals surface area contributed by atoms with Crippen LogP contribution in [0.25, 0.3) is 0 Å². The van der Waals surface area contributed by atoms with E-state index in [1.54, 1.807) is 0 Å². The molecule has 1 heterocycles. The van der Waals surface area contributed by atoms with Crippen molar-refractivity contribution in [1.82, 2.24) is 0 Å². The number of ether oxygens (including phenoxy) is 4. The van der Waals surface area contributed by atoms with Crippen molar-refractivity contribution >= 4 is 5.97 Å². The summed E-state index contributed by atoms with van der Waals surface area (Å²) in [5.74, 6) is -0.328. The highest BCUT2D eigenvalue weighted by Gasteiger charge is 2.44. The molecule has 1 aliphatic rings. The minimum absolute atomic E-state index is 0.122. The zero-order valence-electron chi connectivity index (χ0n) is 41.0. The van der Waals surface area contributed by atoms with Gasteiger partial charge in [-0.3, -0.25) is 4.79 Å². The van der Waals surface area contributed by atoms with Crippen LogP contribution in [-0.4, -0.2) is 89.6 Å². The second-order valence-electron chi connectivity index (χ2n) is 18.0. The van der Waals surface area contributed by atoms with Gasteiger partial charge in [0, 0.05) is 13.0 Å². The maximum Gasteiger partial charge on any atom is 0.306 e. The van der Waals surface area contributed by atoms with Crippen LogP contribution in [0.1, 0.15) is 219 Å². The molecular weight excluding hydrogens is 805 g/mol. The predicted octanol–water partition coefficient (Wildman–Crippen LogP) is 13.0. The molecule has 0 aromatic carbocycles. The Balaban J connectivity index is 2.18. The lowest BCUT2D eigenvalue weighted by Crippen LogP contribution is -2.59. The molecule has 6 unspecified atom stereocenters. The van der Waals surface area contributed by atoms with Crippen molar-refractivity contribution in [3.8, 4) is 0 Å². The number of carbonyl (C=O) groups is 1. The average molecular weight is 903 g/mol. The van der Waals surface area contributed by atoms with E-state index in [2.05, 4.69) is 74.6 Å². The summed E-state index contributed by atoms with van der Waals surface area (Å²) < 4.78 is 22.9. The van der Waals surface area contributed by atoms with Crippen LogP contribution < -0.4 is 0 Å². The van der Waals surface area contributed by atoms with Gasteiger partial charge in [0.25, 0.3) is 0 Å². The number of aliphatic hydroxyl groups is 4. The summed E-state index contributed by atoms with van der Waals surface area (Å²) in [7, 11) is 0. The first-order chi connectivity index (χ1) is 31.4. The van der Waals surface area contributed by atoms with Gasteiger partial charge >= 0.3 is 5.97 Å². The summed E-state index contributed by atoms with van der Waals surface area (Å²) >= 11 is 0. The third-order valence-electron chi connectivity index (χ3n) is 11.9. The molecule has 1 aliphatic heterocycles. The normalized spacial score (nSPS) is 20.0. The van der Waals surface area contributed by atoms with Gasteiger partial charge in [-0.05, 0) is 83.5 Å². The van der Waals surface area contributed by atoms with E-state index in [0.29, 0.717) is 13.0 Å². The third kappa shape index (κ3) is 36.1. The lowest BCUT2D eigenvalue weighted by Gasteiger charge is -2.39. The second-order valence-corrected chi connectivity index (χ2v) is 18.0. The van der Waals surface area contributed by atoms with Crippen molar-refractivity contribution in [1.29, 1.82) is 0 Å². The average Bonchev–Trinajstić information content (AvgIpc) is 3.30. The third-order valence-corrected chi connectivity index (χ3v) is 11.9. The standard InChI is InChI=1S/C55H98O9/c1-3-5-7-9-11-13-15-17-19-20-21-22-23-24-25-26-27-28-29-31-33-35-37-39-41-43-45-61-47-49(48-62-55-54(60)53(59)52(58)50(46-56)64-55)63-51(57)44-42-40-38-36-34-32-30-18-16-14-12-10-8-6-4-2/h12,14-15,17-18,20-21,23-24,30,49-50,52-56,58-60H,3-11,13,16,19,22,25-29,31-48H2,1-2H3/b14-12-,17-15-,21-20-,24-23-,30-18-. The highest BCUT2D eigenvalue weighted by atomic mass is 16.7. The first-order valence-electron chi connectivity index (χ1n) is 26.4. The molecule has 4 N–H and O–H groups in total. The molecule has 0 saturated carbocycles. The number of hydrogen-bond donors (Lipinski definition) is 4. The SMILES string of the molecule is CCCCC/C=C\C/C=C\CCCCCCCC(=O)OC(COCCCCCCCCCCCCC/C=C\C/C=C\C/C=C\CCCCCCC)COC1OC(CO)C(O)C(O)C1O. The zero-order chi connectivity index (χ0) is 46.4. The van der Waals surface area contributed by atoms with E-state index in [1.807, 2.05) is 0 Å². The van der Waals surface area contributed by atoms with E-state index in [-0.39, 0.29) is 19.2 Å². The topological polar surface area (TPSA) is 135 Å². The highest BCUT2D eigenvalue weighted by Crippen LogP contribution is 2.23. The second kappa shape index (κ2) is 46.0. The van der Waals surface area contributed by atoms with E-state index < -0.39 is 43.4 Å². The molecule has 64 heavy (non-hydrogen) atoms. The Morgan fingerprint density at radius 2 is 0.906 bits per heavy atom. The van der Waals surface area contributed by atoms with Crippen LogP contribution in [-0.2, 0) is 23.7 Å². The van der Waals surface area contributed by atoms with E-state index >= 15 is 0 Å². The van der Waals surface area contributed by atoms with E-state index in [1.165, 1.54) is 128 Å². The Hall–Kier alpha value is -2.11. The molecule has 1 fully saturated rings. The molecule has 0 spiro atoms. The fourth-order valence-electron chi connectivity index (χ4n) is 7.76. The molecule has 0 aliphatic carbocycles. The lowest BCUT2D eigenvalue weighted by molar-refractivity contribution is -0.305. The van der Waals surface area contributed by atoms with Crippen LogP contribution in [0.15, 0.2) is 60.8 Å². The molecule has 372 valence electrons. The lowest BCUT2D eigenvalue weighted by atomic mass is 9.99. The molecule has 1 saturated heterocycles. The first kappa shape index (κ1) is 59.9. The van der Waals surface area contributed by atoms with Gasteiger partial charge in [0.15, 0.2) is 6.29 Å². The van der Waals surface area contributed by atoms with Crippen LogP contribution in [0, 0.1) is 0 Å². The summed E-state index contributed by atoms with van der Waals surface area (Å²) in [6.45, 7) is 4.51. The number of hydrogen-bond acceptors (Lipinski definition) is 9. The van der Waals surface area contributed by atoms with Gasteiger partial charge in [-0.15, -0.1) is 0 Å². The Bertz CT molecular complexity index is 1160. The molecule has 1 rings (SSSR count). The van der Waals surface area contributed by atoms with Crippen LogP contribution in [0.4, 0.5) is 0 Å². The van der Waals surface area contributed by atoms with E-state index in [4.69, 9.17) is 18.9 Å². The number of unbranched alkanes of at least 4 members (excludes halogenated alkanes) is 24. The molecule has 6 atom stereocenters. The monoisotopic (exact) mass is 903 g/mol. The maximum atomic E-state index is 12.8. The molecule has 0 aromatic rings. The molecule has 0 bridgehead atoms.